The van der Waals surface area contributed by atoms with Gasteiger partial charge in [0.2, 0.25) is 5.91 Å². The second-order valence-electron chi connectivity index (χ2n) is 5.61. The Morgan fingerprint density at radius 3 is 2.88 bits per heavy atom. The van der Waals surface area contributed by atoms with Crippen LogP contribution >= 0.6 is 23.5 Å². The second-order valence-corrected chi connectivity index (χ2v) is 7.98. The summed E-state index contributed by atoms with van der Waals surface area (Å²) in [5.41, 5.74) is 1.18. The standard InChI is InChI=1S/C17H14N2O4S2/c20-15-14(16-19(15)12(17(21)22)5-8-24-16)25-11-3-1-10(2-4-11)9-13-18-6-7-23-13/h1-7,14,16H,8-9H2,(H,21,22)/t14?,16-/m0/s1. The number of carboxylic acid groups (broad SMARTS) is 1. The van der Waals surface area contributed by atoms with Crippen molar-refractivity contribution < 1.29 is 19.1 Å². The van der Waals surface area contributed by atoms with Crippen LogP contribution in [0.15, 0.2) is 57.8 Å². The quantitative estimate of drug-likeness (QED) is 0.806. The van der Waals surface area contributed by atoms with Gasteiger partial charge in [0.1, 0.15) is 22.6 Å². The molecule has 3 heterocycles. The van der Waals surface area contributed by atoms with Gasteiger partial charge in [-0.1, -0.05) is 12.1 Å². The molecule has 2 aliphatic heterocycles. The molecule has 2 aliphatic rings. The zero-order chi connectivity index (χ0) is 17.4. The van der Waals surface area contributed by atoms with Crippen molar-refractivity contribution >= 4 is 35.4 Å². The third-order valence-corrected chi connectivity index (χ3v) is 6.66. The van der Waals surface area contributed by atoms with E-state index >= 15 is 0 Å². The van der Waals surface area contributed by atoms with Crippen LogP contribution in [0, 0.1) is 0 Å². The molecule has 2 aromatic rings. The molecule has 1 saturated heterocycles. The lowest BCUT2D eigenvalue weighted by Gasteiger charge is -2.47. The van der Waals surface area contributed by atoms with Crippen molar-refractivity contribution in [3.05, 3.63) is 60.0 Å². The Hall–Kier alpha value is -2.19. The molecule has 1 aromatic heterocycles. The summed E-state index contributed by atoms with van der Waals surface area (Å²) in [4.78, 5) is 30.1. The number of benzene rings is 1. The van der Waals surface area contributed by atoms with E-state index in [1.807, 2.05) is 24.3 Å². The van der Waals surface area contributed by atoms with Crippen LogP contribution in [0.5, 0.6) is 0 Å². The Morgan fingerprint density at radius 1 is 1.40 bits per heavy atom. The fourth-order valence-corrected chi connectivity index (χ4v) is 5.38. The third kappa shape index (κ3) is 3.07. The average Bonchev–Trinajstić information content (AvgIpc) is 3.13. The smallest absolute Gasteiger partial charge is 0.352 e. The van der Waals surface area contributed by atoms with Gasteiger partial charge in [0.15, 0.2) is 5.89 Å². The molecule has 8 heteroatoms. The van der Waals surface area contributed by atoms with Gasteiger partial charge in [0.25, 0.3) is 0 Å². The van der Waals surface area contributed by atoms with Crippen LogP contribution in [-0.2, 0) is 16.0 Å². The van der Waals surface area contributed by atoms with E-state index in [1.54, 1.807) is 30.3 Å². The predicted octanol–water partition coefficient (Wildman–Crippen LogP) is 2.61. The van der Waals surface area contributed by atoms with Gasteiger partial charge < -0.3 is 9.52 Å². The number of thioether (sulfide) groups is 2. The highest BCUT2D eigenvalue weighted by atomic mass is 32.2. The number of carboxylic acids is 1. The van der Waals surface area contributed by atoms with Gasteiger partial charge in [-0.25, -0.2) is 9.78 Å². The number of amides is 1. The van der Waals surface area contributed by atoms with Gasteiger partial charge in [0.05, 0.1) is 6.20 Å². The molecule has 2 atom stereocenters. The molecule has 0 radical (unpaired) electrons. The minimum Gasteiger partial charge on any atom is -0.477 e. The van der Waals surface area contributed by atoms with Crippen LogP contribution in [0.3, 0.4) is 0 Å². The number of hydrogen-bond donors (Lipinski definition) is 1. The summed E-state index contributed by atoms with van der Waals surface area (Å²) in [6.45, 7) is 0. The largest absolute Gasteiger partial charge is 0.477 e. The molecule has 6 nitrogen and oxygen atoms in total. The molecule has 1 amide bonds. The summed E-state index contributed by atoms with van der Waals surface area (Å²) in [6, 6.07) is 7.93. The van der Waals surface area contributed by atoms with E-state index in [2.05, 4.69) is 4.98 Å². The zero-order valence-electron chi connectivity index (χ0n) is 13.0. The van der Waals surface area contributed by atoms with Crippen LogP contribution in [0.4, 0.5) is 0 Å². The van der Waals surface area contributed by atoms with Crippen LogP contribution in [0.2, 0.25) is 0 Å². The predicted molar refractivity (Wildman–Crippen MR) is 94.2 cm³/mol. The number of fused-ring (bicyclic) bond motifs is 1. The van der Waals surface area contributed by atoms with E-state index in [-0.39, 0.29) is 22.2 Å². The Morgan fingerprint density at radius 2 is 2.20 bits per heavy atom. The maximum absolute atomic E-state index is 12.4. The van der Waals surface area contributed by atoms with Gasteiger partial charge >= 0.3 is 5.97 Å². The van der Waals surface area contributed by atoms with Crippen LogP contribution < -0.4 is 0 Å². The molecule has 1 fully saturated rings. The molecule has 4 rings (SSSR count). The fraction of sp³-hybridized carbons (Fsp3) is 0.235. The molecule has 128 valence electrons. The molecule has 0 saturated carbocycles. The van der Waals surface area contributed by atoms with Gasteiger partial charge in [-0.2, -0.15) is 0 Å². The van der Waals surface area contributed by atoms with Crippen molar-refractivity contribution in [1.29, 1.82) is 0 Å². The Labute approximate surface area is 152 Å². The summed E-state index contributed by atoms with van der Waals surface area (Å²) in [6.07, 6.45) is 5.39. The first-order chi connectivity index (χ1) is 12.1. The lowest BCUT2D eigenvalue weighted by atomic mass is 10.1. The highest BCUT2D eigenvalue weighted by Gasteiger charge is 2.52. The van der Waals surface area contributed by atoms with Crippen molar-refractivity contribution in [3.63, 3.8) is 0 Å². The molecule has 1 N–H and O–H groups in total. The summed E-state index contributed by atoms with van der Waals surface area (Å²) in [5.74, 6) is 0.0943. The molecule has 1 unspecified atom stereocenters. The third-order valence-electron chi connectivity index (χ3n) is 4.04. The van der Waals surface area contributed by atoms with E-state index in [9.17, 15) is 14.7 Å². The summed E-state index contributed by atoms with van der Waals surface area (Å²) in [7, 11) is 0. The number of aliphatic carboxylic acids is 1. The number of oxazole rings is 1. The first-order valence-corrected chi connectivity index (χ1v) is 9.58. The van der Waals surface area contributed by atoms with Crippen LogP contribution in [0.25, 0.3) is 0 Å². The Bertz CT molecular complexity index is 833. The van der Waals surface area contributed by atoms with Gasteiger partial charge in [-0.15, -0.1) is 23.5 Å². The van der Waals surface area contributed by atoms with E-state index in [0.717, 1.165) is 10.5 Å². The van der Waals surface area contributed by atoms with E-state index < -0.39 is 5.97 Å². The summed E-state index contributed by atoms with van der Waals surface area (Å²) in [5, 5.41) is 8.84. The van der Waals surface area contributed by atoms with Gasteiger partial charge in [-0.05, 0) is 23.8 Å². The van der Waals surface area contributed by atoms with E-state index in [4.69, 9.17) is 4.42 Å². The SMILES string of the molecule is O=C(O)C1=CCS[C@H]2C(Sc3ccc(Cc4ncco4)cc3)C(=O)N12. The number of carbonyl (C=O) groups excluding carboxylic acids is 1. The Kier molecular flexibility index (Phi) is 4.30. The number of β-lactam (4-membered cyclic amide) rings is 1. The second kappa shape index (κ2) is 6.61. The van der Waals surface area contributed by atoms with Crippen molar-refractivity contribution in [2.45, 2.75) is 21.9 Å². The lowest BCUT2D eigenvalue weighted by Crippen LogP contribution is -2.62. The van der Waals surface area contributed by atoms with Crippen molar-refractivity contribution in [2.24, 2.45) is 0 Å². The minimum absolute atomic E-state index is 0.104. The number of carbonyl (C=O) groups is 2. The van der Waals surface area contributed by atoms with Gasteiger partial charge in [0, 0.05) is 17.1 Å². The van der Waals surface area contributed by atoms with E-state index in [0.29, 0.717) is 18.1 Å². The Balaban J connectivity index is 1.42. The average molecular weight is 374 g/mol. The number of nitrogens with zero attached hydrogens (tertiary/aromatic N) is 2. The van der Waals surface area contributed by atoms with Crippen molar-refractivity contribution in [1.82, 2.24) is 9.88 Å². The highest BCUT2D eigenvalue weighted by molar-refractivity contribution is 8.04. The van der Waals surface area contributed by atoms with Crippen molar-refractivity contribution in [3.8, 4) is 0 Å². The van der Waals surface area contributed by atoms with Crippen LogP contribution in [-0.4, -0.2) is 43.2 Å². The normalized spacial score (nSPS) is 22.2. The first-order valence-electron chi connectivity index (χ1n) is 7.65. The van der Waals surface area contributed by atoms with Crippen LogP contribution in [0.1, 0.15) is 11.5 Å². The lowest BCUT2D eigenvalue weighted by molar-refractivity contribution is -0.145. The maximum Gasteiger partial charge on any atom is 0.352 e. The number of aromatic nitrogens is 1. The van der Waals surface area contributed by atoms with Crippen molar-refractivity contribution in [2.75, 3.05) is 5.75 Å². The minimum atomic E-state index is -1.04. The van der Waals surface area contributed by atoms with E-state index in [1.165, 1.54) is 16.7 Å². The maximum atomic E-state index is 12.4. The molecular formula is C17H14N2O4S2. The number of hydrogen-bond acceptors (Lipinski definition) is 6. The van der Waals surface area contributed by atoms with Gasteiger partial charge in [-0.3, -0.25) is 9.69 Å². The molecule has 1 aromatic carbocycles. The monoisotopic (exact) mass is 374 g/mol. The first kappa shape index (κ1) is 16.3. The summed E-state index contributed by atoms with van der Waals surface area (Å²) < 4.78 is 5.24. The molecule has 25 heavy (non-hydrogen) atoms. The number of rotatable bonds is 5. The fourth-order valence-electron chi connectivity index (χ4n) is 2.83. The molecule has 0 spiro atoms. The molecular weight excluding hydrogens is 360 g/mol. The summed E-state index contributed by atoms with van der Waals surface area (Å²) >= 11 is 3.08. The topological polar surface area (TPSA) is 83.6 Å². The molecule has 0 aliphatic carbocycles. The molecule has 0 bridgehead atoms. The highest BCUT2D eigenvalue weighted by Crippen LogP contribution is 2.45. The zero-order valence-corrected chi connectivity index (χ0v) is 14.6.